The van der Waals surface area contributed by atoms with E-state index in [0.29, 0.717) is 16.7 Å². The summed E-state index contributed by atoms with van der Waals surface area (Å²) < 4.78 is 0. The SMILES string of the molecule is CC(C)C(NC(=O)c1ccccc1)C(C)(O)c1ccc(C#N)cc1. The highest BCUT2D eigenvalue weighted by atomic mass is 16.3. The highest BCUT2D eigenvalue weighted by Crippen LogP contribution is 2.29. The first kappa shape index (κ1) is 17.7. The van der Waals surface area contributed by atoms with Crippen LogP contribution in [0.15, 0.2) is 54.6 Å². The maximum Gasteiger partial charge on any atom is 0.251 e. The van der Waals surface area contributed by atoms with Crippen LogP contribution in [0.3, 0.4) is 0 Å². The van der Waals surface area contributed by atoms with Gasteiger partial charge in [-0.1, -0.05) is 44.2 Å². The Morgan fingerprint density at radius 1 is 1.12 bits per heavy atom. The molecule has 4 heteroatoms. The van der Waals surface area contributed by atoms with E-state index in [1.165, 1.54) is 0 Å². The lowest BCUT2D eigenvalue weighted by Crippen LogP contribution is -2.52. The van der Waals surface area contributed by atoms with Crippen molar-refractivity contribution in [1.82, 2.24) is 5.32 Å². The molecule has 0 saturated carbocycles. The highest BCUT2D eigenvalue weighted by Gasteiger charge is 2.37. The number of hydrogen-bond acceptors (Lipinski definition) is 3. The molecule has 4 nitrogen and oxygen atoms in total. The third-order valence-electron chi connectivity index (χ3n) is 4.19. The summed E-state index contributed by atoms with van der Waals surface area (Å²) in [4.78, 5) is 12.5. The van der Waals surface area contributed by atoms with Crippen molar-refractivity contribution in [2.45, 2.75) is 32.4 Å². The Kier molecular flexibility index (Phi) is 5.38. The van der Waals surface area contributed by atoms with Crippen LogP contribution in [0.4, 0.5) is 0 Å². The van der Waals surface area contributed by atoms with Gasteiger partial charge in [0, 0.05) is 5.56 Å². The van der Waals surface area contributed by atoms with Crippen LogP contribution in [0.25, 0.3) is 0 Å². The minimum atomic E-state index is -1.26. The molecule has 2 N–H and O–H groups in total. The van der Waals surface area contributed by atoms with Crippen LogP contribution in [0.2, 0.25) is 0 Å². The van der Waals surface area contributed by atoms with Crippen molar-refractivity contribution < 1.29 is 9.90 Å². The van der Waals surface area contributed by atoms with Crippen molar-refractivity contribution in [3.8, 4) is 6.07 Å². The first-order valence-electron chi connectivity index (χ1n) is 7.95. The number of amides is 1. The molecule has 2 atom stereocenters. The predicted octanol–water partition coefficient (Wildman–Crippen LogP) is 3.22. The molecule has 0 spiro atoms. The van der Waals surface area contributed by atoms with Crippen molar-refractivity contribution in [2.24, 2.45) is 5.92 Å². The monoisotopic (exact) mass is 322 g/mol. The van der Waals surface area contributed by atoms with Crippen LogP contribution in [0, 0.1) is 17.2 Å². The van der Waals surface area contributed by atoms with E-state index in [1.54, 1.807) is 55.5 Å². The molecule has 24 heavy (non-hydrogen) atoms. The summed E-state index contributed by atoms with van der Waals surface area (Å²) >= 11 is 0. The zero-order chi connectivity index (χ0) is 17.7. The Balaban J connectivity index is 2.28. The molecule has 0 aliphatic heterocycles. The number of nitrogens with zero attached hydrogens (tertiary/aromatic N) is 1. The number of carbonyl (C=O) groups is 1. The molecule has 2 aromatic rings. The minimum Gasteiger partial charge on any atom is -0.383 e. The molecule has 0 saturated heterocycles. The van der Waals surface area contributed by atoms with Gasteiger partial charge in [-0.3, -0.25) is 4.79 Å². The van der Waals surface area contributed by atoms with Crippen LogP contribution < -0.4 is 5.32 Å². The zero-order valence-electron chi connectivity index (χ0n) is 14.2. The number of hydrogen-bond donors (Lipinski definition) is 2. The largest absolute Gasteiger partial charge is 0.383 e. The van der Waals surface area contributed by atoms with Gasteiger partial charge >= 0.3 is 0 Å². The van der Waals surface area contributed by atoms with Gasteiger partial charge in [0.1, 0.15) is 5.60 Å². The molecular formula is C20H22N2O2. The van der Waals surface area contributed by atoms with E-state index in [4.69, 9.17) is 5.26 Å². The lowest BCUT2D eigenvalue weighted by molar-refractivity contribution is -0.000843. The van der Waals surface area contributed by atoms with Crippen molar-refractivity contribution in [3.63, 3.8) is 0 Å². The van der Waals surface area contributed by atoms with E-state index >= 15 is 0 Å². The normalized spacial score (nSPS) is 14.5. The van der Waals surface area contributed by atoms with E-state index < -0.39 is 11.6 Å². The third kappa shape index (κ3) is 3.81. The Bertz CT molecular complexity index is 728. The van der Waals surface area contributed by atoms with E-state index in [2.05, 4.69) is 11.4 Å². The predicted molar refractivity (Wildman–Crippen MR) is 93.3 cm³/mol. The molecule has 2 unspecified atom stereocenters. The van der Waals surface area contributed by atoms with Gasteiger partial charge in [-0.05, 0) is 42.7 Å². The number of nitriles is 1. The van der Waals surface area contributed by atoms with Gasteiger partial charge in [0.2, 0.25) is 0 Å². The molecular weight excluding hydrogens is 300 g/mol. The summed E-state index contributed by atoms with van der Waals surface area (Å²) in [5.41, 5.74) is 0.489. The van der Waals surface area contributed by atoms with Gasteiger partial charge in [-0.25, -0.2) is 0 Å². The Labute approximate surface area is 142 Å². The van der Waals surface area contributed by atoms with Crippen LogP contribution in [-0.4, -0.2) is 17.1 Å². The summed E-state index contributed by atoms with van der Waals surface area (Å²) in [7, 11) is 0. The van der Waals surface area contributed by atoms with Crippen molar-refractivity contribution in [3.05, 3.63) is 71.3 Å². The van der Waals surface area contributed by atoms with E-state index in [9.17, 15) is 9.90 Å². The summed E-state index contributed by atoms with van der Waals surface area (Å²) in [6, 6.07) is 17.3. The summed E-state index contributed by atoms with van der Waals surface area (Å²) in [6.07, 6.45) is 0. The van der Waals surface area contributed by atoms with Gasteiger partial charge in [-0.2, -0.15) is 5.26 Å². The fourth-order valence-corrected chi connectivity index (χ4v) is 2.83. The van der Waals surface area contributed by atoms with Gasteiger partial charge in [0.15, 0.2) is 0 Å². The number of benzene rings is 2. The molecule has 2 aromatic carbocycles. The van der Waals surface area contributed by atoms with Crippen molar-refractivity contribution >= 4 is 5.91 Å². The molecule has 0 fully saturated rings. The third-order valence-corrected chi connectivity index (χ3v) is 4.19. The Morgan fingerprint density at radius 2 is 1.71 bits per heavy atom. The quantitative estimate of drug-likeness (QED) is 0.887. The fraction of sp³-hybridized carbons (Fsp3) is 0.300. The highest BCUT2D eigenvalue weighted by molar-refractivity contribution is 5.94. The molecule has 0 heterocycles. The summed E-state index contributed by atoms with van der Waals surface area (Å²) in [5, 5.41) is 22.9. The zero-order valence-corrected chi connectivity index (χ0v) is 14.2. The Hall–Kier alpha value is -2.64. The van der Waals surface area contributed by atoms with Gasteiger partial charge in [0.25, 0.3) is 5.91 Å². The average molecular weight is 322 g/mol. The van der Waals surface area contributed by atoms with Gasteiger partial charge in [0.05, 0.1) is 17.7 Å². The van der Waals surface area contributed by atoms with Gasteiger partial charge < -0.3 is 10.4 Å². The van der Waals surface area contributed by atoms with Crippen LogP contribution in [-0.2, 0) is 5.60 Å². The number of rotatable bonds is 5. The second-order valence-corrected chi connectivity index (χ2v) is 6.40. The second-order valence-electron chi connectivity index (χ2n) is 6.40. The number of carbonyl (C=O) groups excluding carboxylic acids is 1. The molecule has 0 bridgehead atoms. The summed E-state index contributed by atoms with van der Waals surface area (Å²) in [6.45, 7) is 5.59. The first-order chi connectivity index (χ1) is 11.4. The van der Waals surface area contributed by atoms with Crippen LogP contribution in [0.5, 0.6) is 0 Å². The molecule has 2 rings (SSSR count). The fourth-order valence-electron chi connectivity index (χ4n) is 2.83. The molecule has 0 aliphatic rings. The first-order valence-corrected chi connectivity index (χ1v) is 7.95. The Morgan fingerprint density at radius 3 is 2.21 bits per heavy atom. The minimum absolute atomic E-state index is 0.0169. The summed E-state index contributed by atoms with van der Waals surface area (Å²) in [5.74, 6) is -0.202. The van der Waals surface area contributed by atoms with Gasteiger partial charge in [-0.15, -0.1) is 0 Å². The van der Waals surface area contributed by atoms with Crippen molar-refractivity contribution in [1.29, 1.82) is 5.26 Å². The van der Waals surface area contributed by atoms with E-state index in [1.807, 2.05) is 19.9 Å². The molecule has 0 aliphatic carbocycles. The topological polar surface area (TPSA) is 73.1 Å². The van der Waals surface area contributed by atoms with Crippen LogP contribution >= 0.6 is 0 Å². The average Bonchev–Trinajstić information content (AvgIpc) is 2.59. The smallest absolute Gasteiger partial charge is 0.251 e. The van der Waals surface area contributed by atoms with Crippen LogP contribution in [0.1, 0.15) is 42.3 Å². The van der Waals surface area contributed by atoms with E-state index in [-0.39, 0.29) is 11.8 Å². The number of aliphatic hydroxyl groups is 1. The molecule has 124 valence electrons. The maximum atomic E-state index is 12.5. The molecule has 0 radical (unpaired) electrons. The lowest BCUT2D eigenvalue weighted by Gasteiger charge is -2.36. The lowest BCUT2D eigenvalue weighted by atomic mass is 9.81. The maximum absolute atomic E-state index is 12.5. The number of nitrogens with one attached hydrogen (secondary N) is 1. The molecule has 0 aromatic heterocycles. The van der Waals surface area contributed by atoms with E-state index in [0.717, 1.165) is 0 Å². The standard InChI is InChI=1S/C20H22N2O2/c1-14(2)18(22-19(23)16-7-5-4-6-8-16)20(3,24)17-11-9-15(13-21)10-12-17/h4-12,14,18,24H,1-3H3,(H,22,23). The van der Waals surface area contributed by atoms with Crippen molar-refractivity contribution in [2.75, 3.05) is 0 Å². The molecule has 1 amide bonds. The second kappa shape index (κ2) is 7.29.